The Bertz CT molecular complexity index is 389. The number of carbonyl (C=O) groups is 1. The van der Waals surface area contributed by atoms with Crippen LogP contribution in [0.4, 0.5) is 0 Å². The van der Waals surface area contributed by atoms with Crippen molar-refractivity contribution >= 4 is 5.78 Å². The quantitative estimate of drug-likeness (QED) is 0.732. The number of nitrogens with zero attached hydrogens (tertiary/aromatic N) is 3. The van der Waals surface area contributed by atoms with Gasteiger partial charge in [0.05, 0.1) is 6.61 Å². The number of hydrogen-bond acceptors (Lipinski definition) is 6. The van der Waals surface area contributed by atoms with E-state index in [1.165, 1.54) is 6.92 Å². The number of ether oxygens (including phenoxy) is 1. The molecular formula is C11H17N3O3. The molecule has 94 valence electrons. The largest absolute Gasteiger partial charge is 0.367 e. The highest BCUT2D eigenvalue weighted by Gasteiger charge is 2.26. The molecule has 0 aromatic carbocycles. The first kappa shape index (κ1) is 12.2. The number of carbonyl (C=O) groups excluding carboxylic acids is 1. The molecule has 1 atom stereocenters. The molecule has 6 heteroatoms. The van der Waals surface area contributed by atoms with Gasteiger partial charge >= 0.3 is 0 Å². The van der Waals surface area contributed by atoms with Gasteiger partial charge in [-0.1, -0.05) is 12.1 Å². The molecule has 2 heterocycles. The summed E-state index contributed by atoms with van der Waals surface area (Å²) in [4.78, 5) is 17.4. The minimum Gasteiger partial charge on any atom is -0.367 e. The molecule has 0 spiro atoms. The van der Waals surface area contributed by atoms with Crippen molar-refractivity contribution in [1.82, 2.24) is 15.0 Å². The second kappa shape index (κ2) is 5.37. The van der Waals surface area contributed by atoms with Crippen molar-refractivity contribution in [2.75, 3.05) is 26.2 Å². The summed E-state index contributed by atoms with van der Waals surface area (Å²) in [6, 6.07) is 0. The lowest BCUT2D eigenvalue weighted by Crippen LogP contribution is -2.39. The summed E-state index contributed by atoms with van der Waals surface area (Å²) in [6.07, 6.45) is 0.921. The van der Waals surface area contributed by atoms with Crippen LogP contribution < -0.4 is 0 Å². The number of ketones is 1. The molecule has 1 fully saturated rings. The fourth-order valence-electron chi connectivity index (χ4n) is 1.89. The van der Waals surface area contributed by atoms with Crippen LogP contribution >= 0.6 is 0 Å². The predicted molar refractivity (Wildman–Crippen MR) is 59.7 cm³/mol. The number of morpholine rings is 1. The maximum absolute atomic E-state index is 11.1. The van der Waals surface area contributed by atoms with E-state index in [1.54, 1.807) is 0 Å². The average molecular weight is 239 g/mol. The molecule has 1 saturated heterocycles. The molecule has 0 N–H and O–H groups in total. The van der Waals surface area contributed by atoms with E-state index in [0.717, 1.165) is 26.1 Å². The van der Waals surface area contributed by atoms with Crippen LogP contribution in [0.15, 0.2) is 4.52 Å². The van der Waals surface area contributed by atoms with Gasteiger partial charge in [-0.25, -0.2) is 0 Å². The lowest BCUT2D eigenvalue weighted by Gasteiger charge is -2.30. The highest BCUT2D eigenvalue weighted by Crippen LogP contribution is 2.19. The zero-order valence-corrected chi connectivity index (χ0v) is 10.2. The topological polar surface area (TPSA) is 68.5 Å². The number of aromatic nitrogens is 2. The van der Waals surface area contributed by atoms with Crippen molar-refractivity contribution in [1.29, 1.82) is 0 Å². The zero-order valence-electron chi connectivity index (χ0n) is 10.2. The first-order chi connectivity index (χ1) is 8.20. The second-order valence-corrected chi connectivity index (χ2v) is 4.17. The van der Waals surface area contributed by atoms with E-state index in [4.69, 9.17) is 9.26 Å². The lowest BCUT2D eigenvalue weighted by atomic mass is 10.2. The van der Waals surface area contributed by atoms with Gasteiger partial charge in [-0.2, -0.15) is 4.98 Å². The average Bonchev–Trinajstić information content (AvgIpc) is 2.79. The summed E-state index contributed by atoms with van der Waals surface area (Å²) in [6.45, 7) is 6.94. The Labute approximate surface area is 99.9 Å². The Morgan fingerprint density at radius 2 is 2.41 bits per heavy atom. The van der Waals surface area contributed by atoms with Crippen molar-refractivity contribution in [3.8, 4) is 0 Å². The predicted octanol–water partition coefficient (Wildman–Crippen LogP) is 1.06. The maximum Gasteiger partial charge on any atom is 0.293 e. The Morgan fingerprint density at radius 3 is 3.06 bits per heavy atom. The lowest BCUT2D eigenvalue weighted by molar-refractivity contribution is -0.0350. The van der Waals surface area contributed by atoms with Gasteiger partial charge in [0.1, 0.15) is 6.10 Å². The molecule has 0 saturated carbocycles. The third kappa shape index (κ3) is 2.89. The SMILES string of the molecule is CCCN1CCOC(c2noc(C(C)=O)n2)C1. The Morgan fingerprint density at radius 1 is 1.59 bits per heavy atom. The summed E-state index contributed by atoms with van der Waals surface area (Å²) >= 11 is 0. The van der Waals surface area contributed by atoms with Gasteiger partial charge in [0.2, 0.25) is 11.6 Å². The second-order valence-electron chi connectivity index (χ2n) is 4.17. The summed E-state index contributed by atoms with van der Waals surface area (Å²) < 4.78 is 10.5. The Balaban J connectivity index is 2.02. The zero-order chi connectivity index (χ0) is 12.3. The number of Topliss-reactive ketones (excluding diaryl/α,β-unsaturated/α-hetero) is 1. The van der Waals surface area contributed by atoms with Crippen molar-refractivity contribution in [3.05, 3.63) is 11.7 Å². The van der Waals surface area contributed by atoms with Crippen LogP contribution in [0.25, 0.3) is 0 Å². The van der Waals surface area contributed by atoms with E-state index in [9.17, 15) is 4.79 Å². The third-order valence-electron chi connectivity index (χ3n) is 2.72. The molecule has 0 radical (unpaired) electrons. The van der Waals surface area contributed by atoms with Gasteiger partial charge in [0.25, 0.3) is 5.89 Å². The molecule has 0 aliphatic carbocycles. The van der Waals surface area contributed by atoms with Crippen LogP contribution in [0.1, 0.15) is 42.9 Å². The number of hydrogen-bond donors (Lipinski definition) is 0. The smallest absolute Gasteiger partial charge is 0.293 e. The van der Waals surface area contributed by atoms with Gasteiger partial charge in [-0.3, -0.25) is 9.69 Å². The third-order valence-corrected chi connectivity index (χ3v) is 2.72. The van der Waals surface area contributed by atoms with Gasteiger partial charge in [0.15, 0.2) is 0 Å². The molecule has 2 rings (SSSR count). The standard InChI is InChI=1S/C11H17N3O3/c1-3-4-14-5-6-16-9(7-14)10-12-11(8(2)15)17-13-10/h9H,3-7H2,1-2H3. The molecule has 1 aliphatic heterocycles. The molecule has 17 heavy (non-hydrogen) atoms. The molecule has 0 bridgehead atoms. The summed E-state index contributed by atoms with van der Waals surface area (Å²) in [7, 11) is 0. The van der Waals surface area contributed by atoms with Crippen molar-refractivity contribution in [3.63, 3.8) is 0 Å². The molecule has 6 nitrogen and oxygen atoms in total. The minimum atomic E-state index is -0.218. The van der Waals surface area contributed by atoms with Gasteiger partial charge in [0, 0.05) is 20.0 Å². The monoisotopic (exact) mass is 239 g/mol. The van der Waals surface area contributed by atoms with Crippen LogP contribution in [0.2, 0.25) is 0 Å². The van der Waals surface area contributed by atoms with E-state index in [-0.39, 0.29) is 17.8 Å². The van der Waals surface area contributed by atoms with Crippen molar-refractivity contribution < 1.29 is 14.1 Å². The van der Waals surface area contributed by atoms with Crippen LogP contribution in [0, 0.1) is 0 Å². The highest BCUT2D eigenvalue weighted by molar-refractivity contribution is 5.89. The fourth-order valence-corrected chi connectivity index (χ4v) is 1.89. The highest BCUT2D eigenvalue weighted by atomic mass is 16.5. The number of rotatable bonds is 4. The summed E-state index contributed by atoms with van der Waals surface area (Å²) in [5.41, 5.74) is 0. The van der Waals surface area contributed by atoms with Crippen molar-refractivity contribution in [2.24, 2.45) is 0 Å². The van der Waals surface area contributed by atoms with Crippen LogP contribution in [-0.4, -0.2) is 47.1 Å². The molecule has 1 aromatic heterocycles. The molecule has 0 amide bonds. The molecule has 1 aromatic rings. The molecule has 1 unspecified atom stereocenters. The van der Waals surface area contributed by atoms with E-state index in [1.807, 2.05) is 0 Å². The van der Waals surface area contributed by atoms with E-state index < -0.39 is 0 Å². The maximum atomic E-state index is 11.1. The Kier molecular flexibility index (Phi) is 3.86. The molecular weight excluding hydrogens is 222 g/mol. The van der Waals surface area contributed by atoms with Gasteiger partial charge in [-0.15, -0.1) is 0 Å². The van der Waals surface area contributed by atoms with Gasteiger partial charge in [-0.05, 0) is 13.0 Å². The van der Waals surface area contributed by atoms with E-state index in [2.05, 4.69) is 22.0 Å². The van der Waals surface area contributed by atoms with Crippen LogP contribution in [0.5, 0.6) is 0 Å². The summed E-state index contributed by atoms with van der Waals surface area (Å²) in [5, 5.41) is 3.80. The first-order valence-electron chi connectivity index (χ1n) is 5.89. The first-order valence-corrected chi connectivity index (χ1v) is 5.89. The Hall–Kier alpha value is -1.27. The van der Waals surface area contributed by atoms with Crippen molar-refractivity contribution in [2.45, 2.75) is 26.4 Å². The minimum absolute atomic E-state index is 0.0521. The van der Waals surface area contributed by atoms with Gasteiger partial charge < -0.3 is 9.26 Å². The fraction of sp³-hybridized carbons (Fsp3) is 0.727. The summed E-state index contributed by atoms with van der Waals surface area (Å²) in [5.74, 6) is 0.303. The van der Waals surface area contributed by atoms with Crippen LogP contribution in [0.3, 0.4) is 0 Å². The van der Waals surface area contributed by atoms with Crippen LogP contribution in [-0.2, 0) is 4.74 Å². The van der Waals surface area contributed by atoms with E-state index in [0.29, 0.717) is 12.4 Å². The molecule has 1 aliphatic rings. The normalized spacial score (nSPS) is 21.6. The van der Waals surface area contributed by atoms with E-state index >= 15 is 0 Å².